The van der Waals surface area contributed by atoms with Crippen molar-refractivity contribution >= 4 is 22.7 Å². The zero-order valence-corrected chi connectivity index (χ0v) is 12.2. The van der Waals surface area contributed by atoms with E-state index in [1.165, 1.54) is 6.20 Å². The van der Waals surface area contributed by atoms with E-state index in [4.69, 9.17) is 0 Å². The first-order chi connectivity index (χ1) is 9.41. The van der Waals surface area contributed by atoms with E-state index in [1.807, 2.05) is 26.0 Å². The van der Waals surface area contributed by atoms with Gasteiger partial charge in [0.2, 0.25) is 0 Å². The fourth-order valence-corrected chi connectivity index (χ4v) is 2.11. The quantitative estimate of drug-likeness (QED) is 0.865. The molecule has 0 amide bonds. The summed E-state index contributed by atoms with van der Waals surface area (Å²) < 4.78 is 1.64. The number of aromatic carboxylic acids is 1. The summed E-state index contributed by atoms with van der Waals surface area (Å²) >= 11 is 0. The molecule has 7 heteroatoms. The van der Waals surface area contributed by atoms with Crippen molar-refractivity contribution in [1.82, 2.24) is 19.7 Å². The molecule has 1 N–H and O–H groups in total. The standard InChI is InChI=1S/C13H19N5O2/c1-16(2)5-6-17(3)11-9-8-15-18(4)12(9)14-7-10(11)13(19)20/h7-8H,5-6H2,1-4H3,(H,19,20). The summed E-state index contributed by atoms with van der Waals surface area (Å²) in [6.45, 7) is 1.56. The number of fused-ring (bicyclic) bond motifs is 1. The highest BCUT2D eigenvalue weighted by Gasteiger charge is 2.19. The summed E-state index contributed by atoms with van der Waals surface area (Å²) in [6, 6.07) is 0. The van der Waals surface area contributed by atoms with E-state index in [-0.39, 0.29) is 5.56 Å². The summed E-state index contributed by atoms with van der Waals surface area (Å²) in [5.74, 6) is -0.977. The van der Waals surface area contributed by atoms with E-state index >= 15 is 0 Å². The van der Waals surface area contributed by atoms with Gasteiger partial charge in [-0.3, -0.25) is 4.68 Å². The normalized spacial score (nSPS) is 11.2. The highest BCUT2D eigenvalue weighted by Crippen LogP contribution is 2.28. The summed E-state index contributed by atoms with van der Waals surface area (Å²) in [4.78, 5) is 19.6. The van der Waals surface area contributed by atoms with E-state index in [9.17, 15) is 9.90 Å². The van der Waals surface area contributed by atoms with Crippen LogP contribution >= 0.6 is 0 Å². The van der Waals surface area contributed by atoms with Gasteiger partial charge in [-0.2, -0.15) is 5.10 Å². The second kappa shape index (κ2) is 5.46. The Morgan fingerprint density at radius 2 is 2.00 bits per heavy atom. The zero-order valence-electron chi connectivity index (χ0n) is 12.2. The van der Waals surface area contributed by atoms with Crippen molar-refractivity contribution < 1.29 is 9.90 Å². The minimum atomic E-state index is -0.977. The number of aromatic nitrogens is 3. The molecule has 0 aliphatic carbocycles. The molecule has 0 unspecified atom stereocenters. The Hall–Kier alpha value is -2.15. The second-order valence-corrected chi connectivity index (χ2v) is 5.06. The number of carboxylic acid groups (broad SMARTS) is 1. The Labute approximate surface area is 117 Å². The molecule has 2 aromatic heterocycles. The van der Waals surface area contributed by atoms with Crippen molar-refractivity contribution in [2.24, 2.45) is 7.05 Å². The molecule has 0 fully saturated rings. The van der Waals surface area contributed by atoms with Crippen LogP contribution in [0, 0.1) is 0 Å². The lowest BCUT2D eigenvalue weighted by atomic mass is 10.1. The van der Waals surface area contributed by atoms with E-state index in [1.54, 1.807) is 17.9 Å². The van der Waals surface area contributed by atoms with Crippen LogP contribution in [0.2, 0.25) is 0 Å². The summed E-state index contributed by atoms with van der Waals surface area (Å²) in [5, 5.41) is 14.3. The maximum Gasteiger partial charge on any atom is 0.339 e. The number of aryl methyl sites for hydroxylation is 1. The molecule has 2 rings (SSSR count). The number of carboxylic acids is 1. The third kappa shape index (κ3) is 2.57. The van der Waals surface area contributed by atoms with Crippen molar-refractivity contribution in [2.75, 3.05) is 39.1 Å². The number of rotatable bonds is 5. The van der Waals surface area contributed by atoms with Gasteiger partial charge in [-0.05, 0) is 14.1 Å². The van der Waals surface area contributed by atoms with Crippen molar-refractivity contribution in [3.63, 3.8) is 0 Å². The molecule has 0 aliphatic heterocycles. The third-order valence-electron chi connectivity index (χ3n) is 3.23. The Morgan fingerprint density at radius 1 is 1.30 bits per heavy atom. The van der Waals surface area contributed by atoms with Crippen LogP contribution in [0.15, 0.2) is 12.4 Å². The molecule has 0 spiro atoms. The molecule has 2 heterocycles. The Bertz CT molecular complexity index is 635. The average Bonchev–Trinajstić information content (AvgIpc) is 2.76. The third-order valence-corrected chi connectivity index (χ3v) is 3.23. The van der Waals surface area contributed by atoms with E-state index in [0.29, 0.717) is 11.3 Å². The van der Waals surface area contributed by atoms with Crippen LogP contribution in [0.25, 0.3) is 11.0 Å². The van der Waals surface area contributed by atoms with Gasteiger partial charge in [0.15, 0.2) is 5.65 Å². The van der Waals surface area contributed by atoms with Gasteiger partial charge in [0.25, 0.3) is 0 Å². The van der Waals surface area contributed by atoms with Gasteiger partial charge in [0, 0.05) is 33.4 Å². The maximum absolute atomic E-state index is 11.4. The second-order valence-electron chi connectivity index (χ2n) is 5.06. The van der Waals surface area contributed by atoms with Crippen LogP contribution in [0.4, 0.5) is 5.69 Å². The Kier molecular flexibility index (Phi) is 3.89. The molecular formula is C13H19N5O2. The highest BCUT2D eigenvalue weighted by molar-refractivity contribution is 6.03. The lowest BCUT2D eigenvalue weighted by molar-refractivity contribution is 0.0697. The number of carbonyl (C=O) groups is 1. The number of likely N-dealkylation sites (N-methyl/N-ethyl adjacent to an activating group) is 2. The lowest BCUT2D eigenvalue weighted by Gasteiger charge is -2.23. The SMILES string of the molecule is CN(C)CCN(C)c1c(C(=O)O)cnc2c1cnn2C. The van der Waals surface area contributed by atoms with Crippen molar-refractivity contribution in [3.05, 3.63) is 18.0 Å². The lowest BCUT2D eigenvalue weighted by Crippen LogP contribution is -2.29. The van der Waals surface area contributed by atoms with Gasteiger partial charge in [-0.1, -0.05) is 0 Å². The number of pyridine rings is 1. The van der Waals surface area contributed by atoms with Crippen molar-refractivity contribution in [2.45, 2.75) is 0 Å². The first-order valence-electron chi connectivity index (χ1n) is 6.31. The highest BCUT2D eigenvalue weighted by atomic mass is 16.4. The molecule has 2 aromatic rings. The van der Waals surface area contributed by atoms with Gasteiger partial charge in [-0.15, -0.1) is 0 Å². The van der Waals surface area contributed by atoms with Crippen LogP contribution in [-0.2, 0) is 7.05 Å². The topological polar surface area (TPSA) is 74.5 Å². The number of hydrogen-bond donors (Lipinski definition) is 1. The molecule has 0 radical (unpaired) electrons. The predicted molar refractivity (Wildman–Crippen MR) is 77.3 cm³/mol. The molecule has 108 valence electrons. The average molecular weight is 277 g/mol. The van der Waals surface area contributed by atoms with Gasteiger partial charge in [0.05, 0.1) is 17.3 Å². The molecule has 0 aliphatic rings. The zero-order chi connectivity index (χ0) is 14.9. The fraction of sp³-hybridized carbons (Fsp3) is 0.462. The van der Waals surface area contributed by atoms with E-state index < -0.39 is 5.97 Å². The molecule has 0 saturated heterocycles. The van der Waals surface area contributed by atoms with Gasteiger partial charge >= 0.3 is 5.97 Å². The predicted octanol–water partition coefficient (Wildman–Crippen LogP) is 0.664. The van der Waals surface area contributed by atoms with Gasteiger partial charge in [0.1, 0.15) is 5.56 Å². The summed E-state index contributed by atoms with van der Waals surface area (Å²) in [5.41, 5.74) is 1.55. The largest absolute Gasteiger partial charge is 0.478 e. The van der Waals surface area contributed by atoms with Gasteiger partial charge < -0.3 is 14.9 Å². The number of nitrogens with zero attached hydrogens (tertiary/aromatic N) is 5. The van der Waals surface area contributed by atoms with Crippen LogP contribution in [-0.4, -0.2) is 65.0 Å². The molecular weight excluding hydrogens is 258 g/mol. The molecule has 0 aromatic carbocycles. The minimum Gasteiger partial charge on any atom is -0.478 e. The smallest absolute Gasteiger partial charge is 0.339 e. The monoisotopic (exact) mass is 277 g/mol. The van der Waals surface area contributed by atoms with Crippen LogP contribution in [0.3, 0.4) is 0 Å². The van der Waals surface area contributed by atoms with Crippen LogP contribution < -0.4 is 4.90 Å². The number of anilines is 1. The first kappa shape index (κ1) is 14.3. The summed E-state index contributed by atoms with van der Waals surface area (Å²) in [6.07, 6.45) is 3.06. The molecule has 7 nitrogen and oxygen atoms in total. The maximum atomic E-state index is 11.4. The molecule has 20 heavy (non-hydrogen) atoms. The summed E-state index contributed by atoms with van der Waals surface area (Å²) in [7, 11) is 7.65. The Morgan fingerprint density at radius 3 is 2.60 bits per heavy atom. The molecule has 0 saturated carbocycles. The first-order valence-corrected chi connectivity index (χ1v) is 6.31. The molecule has 0 atom stereocenters. The van der Waals surface area contributed by atoms with Crippen molar-refractivity contribution in [1.29, 1.82) is 0 Å². The minimum absolute atomic E-state index is 0.201. The van der Waals surface area contributed by atoms with Crippen LogP contribution in [0.1, 0.15) is 10.4 Å². The molecule has 0 bridgehead atoms. The fourth-order valence-electron chi connectivity index (χ4n) is 2.11. The van der Waals surface area contributed by atoms with Crippen LogP contribution in [0.5, 0.6) is 0 Å². The van der Waals surface area contributed by atoms with E-state index in [0.717, 1.165) is 18.5 Å². The number of hydrogen-bond acceptors (Lipinski definition) is 5. The van der Waals surface area contributed by atoms with E-state index in [2.05, 4.69) is 15.0 Å². The Balaban J connectivity index is 2.51. The van der Waals surface area contributed by atoms with Gasteiger partial charge in [-0.25, -0.2) is 9.78 Å². The van der Waals surface area contributed by atoms with Crippen molar-refractivity contribution in [3.8, 4) is 0 Å².